The molecule has 1 aliphatic rings. The molecule has 0 radical (unpaired) electrons. The number of rotatable bonds is 5. The van der Waals surface area contributed by atoms with Crippen LogP contribution in [0, 0.1) is 0 Å². The Bertz CT molecular complexity index is 490. The highest BCUT2D eigenvalue weighted by Crippen LogP contribution is 2.22. The van der Waals surface area contributed by atoms with E-state index in [9.17, 15) is 9.59 Å². The van der Waals surface area contributed by atoms with E-state index in [1.54, 1.807) is 11.0 Å². The lowest BCUT2D eigenvalue weighted by Crippen LogP contribution is -2.33. The molecule has 20 heavy (non-hydrogen) atoms. The maximum Gasteiger partial charge on any atom is 0.257 e. The normalized spacial score (nSPS) is 14.2. The van der Waals surface area contributed by atoms with Crippen LogP contribution in [-0.4, -0.2) is 36.4 Å². The summed E-state index contributed by atoms with van der Waals surface area (Å²) in [4.78, 5) is 25.1. The topological polar surface area (TPSA) is 84.7 Å². The maximum absolute atomic E-state index is 12.4. The van der Waals surface area contributed by atoms with Crippen molar-refractivity contribution in [2.24, 2.45) is 5.84 Å². The zero-order chi connectivity index (χ0) is 14.4. The van der Waals surface area contributed by atoms with E-state index in [4.69, 9.17) is 10.6 Å². The van der Waals surface area contributed by atoms with Crippen LogP contribution in [0.25, 0.3) is 0 Å². The third-order valence-electron chi connectivity index (χ3n) is 3.27. The smallest absolute Gasteiger partial charge is 0.257 e. The summed E-state index contributed by atoms with van der Waals surface area (Å²) in [7, 11) is 0. The molecule has 6 nitrogen and oxygen atoms in total. The van der Waals surface area contributed by atoms with Crippen LogP contribution in [0.4, 0.5) is 0 Å². The summed E-state index contributed by atoms with van der Waals surface area (Å²) in [6, 6.07) is 7.27. The van der Waals surface area contributed by atoms with Gasteiger partial charge >= 0.3 is 0 Å². The number of carbonyl (C=O) groups excluding carboxylic acids is 2. The number of benzene rings is 1. The number of para-hydroxylation sites is 1. The van der Waals surface area contributed by atoms with Gasteiger partial charge in [-0.05, 0) is 25.0 Å². The summed E-state index contributed by atoms with van der Waals surface area (Å²) in [5.41, 5.74) is 2.70. The van der Waals surface area contributed by atoms with Crippen LogP contribution in [0.5, 0.6) is 5.75 Å². The van der Waals surface area contributed by atoms with E-state index in [1.807, 2.05) is 18.2 Å². The van der Waals surface area contributed by atoms with Crippen molar-refractivity contribution in [1.29, 1.82) is 0 Å². The van der Waals surface area contributed by atoms with Crippen molar-refractivity contribution in [1.82, 2.24) is 10.3 Å². The first kappa shape index (κ1) is 14.3. The second-order valence-corrected chi connectivity index (χ2v) is 4.66. The largest absolute Gasteiger partial charge is 0.491 e. The molecule has 108 valence electrons. The number of nitrogens with zero attached hydrogens (tertiary/aromatic N) is 1. The Kier molecular flexibility index (Phi) is 4.95. The summed E-state index contributed by atoms with van der Waals surface area (Å²) < 4.78 is 5.57. The van der Waals surface area contributed by atoms with Crippen molar-refractivity contribution in [3.05, 3.63) is 29.8 Å². The first-order valence-corrected chi connectivity index (χ1v) is 6.73. The zero-order valence-electron chi connectivity index (χ0n) is 11.3. The van der Waals surface area contributed by atoms with Gasteiger partial charge < -0.3 is 9.64 Å². The lowest BCUT2D eigenvalue weighted by molar-refractivity contribution is -0.121. The summed E-state index contributed by atoms with van der Waals surface area (Å²) in [5, 5.41) is 0. The van der Waals surface area contributed by atoms with E-state index in [2.05, 4.69) is 5.43 Å². The minimum atomic E-state index is -0.180. The average molecular weight is 277 g/mol. The molecular formula is C14H19N3O3. The first-order chi connectivity index (χ1) is 9.72. The maximum atomic E-state index is 12.4. The molecule has 2 rings (SSSR count). The number of nitrogens with one attached hydrogen (secondary N) is 1. The Morgan fingerprint density at radius 2 is 2.15 bits per heavy atom. The van der Waals surface area contributed by atoms with Crippen molar-refractivity contribution < 1.29 is 14.3 Å². The monoisotopic (exact) mass is 277 g/mol. The molecule has 0 saturated heterocycles. The number of hydrazine groups is 1. The Balaban J connectivity index is 1.90. The Morgan fingerprint density at radius 1 is 1.35 bits per heavy atom. The molecule has 0 bridgehead atoms. The molecule has 1 aliphatic heterocycles. The Hall–Kier alpha value is -2.08. The van der Waals surface area contributed by atoms with Gasteiger partial charge in [-0.2, -0.15) is 0 Å². The van der Waals surface area contributed by atoms with Crippen LogP contribution in [0.2, 0.25) is 0 Å². The highest BCUT2D eigenvalue weighted by Gasteiger charge is 2.22. The predicted octanol–water partition coefficient (Wildman–Crippen LogP) is 0.681. The van der Waals surface area contributed by atoms with Crippen molar-refractivity contribution in [2.75, 3.05) is 19.7 Å². The number of carbonyl (C=O) groups is 2. The van der Waals surface area contributed by atoms with Crippen molar-refractivity contribution in [3.8, 4) is 5.75 Å². The van der Waals surface area contributed by atoms with Gasteiger partial charge in [-0.1, -0.05) is 12.1 Å². The number of hydrogen-bond donors (Lipinski definition) is 2. The van der Waals surface area contributed by atoms with Gasteiger partial charge in [-0.15, -0.1) is 0 Å². The molecule has 0 saturated carbocycles. The van der Waals surface area contributed by atoms with Crippen LogP contribution in [0.15, 0.2) is 24.3 Å². The molecule has 3 N–H and O–H groups in total. The fourth-order valence-corrected chi connectivity index (χ4v) is 2.18. The Morgan fingerprint density at radius 3 is 2.95 bits per heavy atom. The van der Waals surface area contributed by atoms with E-state index >= 15 is 0 Å². The molecule has 0 spiro atoms. The number of amides is 2. The van der Waals surface area contributed by atoms with Gasteiger partial charge in [0, 0.05) is 13.0 Å². The molecule has 6 heteroatoms. The van der Waals surface area contributed by atoms with E-state index in [1.165, 1.54) is 0 Å². The van der Waals surface area contributed by atoms with Crippen molar-refractivity contribution in [3.63, 3.8) is 0 Å². The van der Waals surface area contributed by atoms with Crippen LogP contribution in [0.3, 0.4) is 0 Å². The second-order valence-electron chi connectivity index (χ2n) is 4.66. The average Bonchev–Trinajstić information content (AvgIpc) is 2.63. The zero-order valence-corrected chi connectivity index (χ0v) is 11.3. The van der Waals surface area contributed by atoms with Gasteiger partial charge in [0.25, 0.3) is 5.91 Å². The van der Waals surface area contributed by atoms with Gasteiger partial charge in [0.05, 0.1) is 12.1 Å². The van der Waals surface area contributed by atoms with Crippen LogP contribution in [0.1, 0.15) is 29.6 Å². The van der Waals surface area contributed by atoms with Gasteiger partial charge in [0.1, 0.15) is 12.4 Å². The van der Waals surface area contributed by atoms with Gasteiger partial charge in [0.2, 0.25) is 5.91 Å². The summed E-state index contributed by atoms with van der Waals surface area (Å²) in [6.07, 6.45) is 1.85. The van der Waals surface area contributed by atoms with Crippen LogP contribution >= 0.6 is 0 Å². The van der Waals surface area contributed by atoms with E-state index in [0.717, 1.165) is 6.42 Å². The van der Waals surface area contributed by atoms with Gasteiger partial charge in [-0.25, -0.2) is 5.84 Å². The number of unbranched alkanes of at least 4 members (excludes halogenated alkanes) is 1. The van der Waals surface area contributed by atoms with E-state index < -0.39 is 0 Å². The Labute approximate surface area is 117 Å². The van der Waals surface area contributed by atoms with Crippen LogP contribution in [-0.2, 0) is 4.79 Å². The van der Waals surface area contributed by atoms with Gasteiger partial charge in [-0.3, -0.25) is 15.0 Å². The number of ether oxygens (including phenoxy) is 1. The second kappa shape index (κ2) is 6.91. The summed E-state index contributed by atoms with van der Waals surface area (Å²) in [5.74, 6) is 5.46. The lowest BCUT2D eigenvalue weighted by Gasteiger charge is -2.19. The molecular weight excluding hydrogens is 258 g/mol. The fraction of sp³-hybridized carbons (Fsp3) is 0.429. The SMILES string of the molecule is NNC(=O)CCCCN1CCOc2ccccc2C1=O. The number of fused-ring (bicyclic) bond motifs is 1. The standard InChI is InChI=1S/C14H19N3O3/c15-16-13(18)7-3-4-8-17-9-10-20-12-6-2-1-5-11(12)14(17)19/h1-2,5-6H,3-4,7-10,15H2,(H,16,18). The predicted molar refractivity (Wildman–Crippen MR) is 74.0 cm³/mol. The first-order valence-electron chi connectivity index (χ1n) is 6.73. The number of nitrogens with two attached hydrogens (primary N) is 1. The number of hydrogen-bond acceptors (Lipinski definition) is 4. The highest BCUT2D eigenvalue weighted by molar-refractivity contribution is 5.97. The third-order valence-corrected chi connectivity index (χ3v) is 3.27. The molecule has 2 amide bonds. The minimum absolute atomic E-state index is 0.0126. The summed E-state index contributed by atoms with van der Waals surface area (Å²) in [6.45, 7) is 1.68. The van der Waals surface area contributed by atoms with E-state index in [-0.39, 0.29) is 11.8 Å². The van der Waals surface area contributed by atoms with Gasteiger partial charge in [0.15, 0.2) is 0 Å². The molecule has 0 atom stereocenters. The molecule has 0 aliphatic carbocycles. The fourth-order valence-electron chi connectivity index (χ4n) is 2.18. The highest BCUT2D eigenvalue weighted by atomic mass is 16.5. The van der Waals surface area contributed by atoms with E-state index in [0.29, 0.717) is 43.9 Å². The van der Waals surface area contributed by atoms with Crippen LogP contribution < -0.4 is 16.0 Å². The third kappa shape index (κ3) is 3.48. The van der Waals surface area contributed by atoms with Crippen molar-refractivity contribution >= 4 is 11.8 Å². The molecule has 0 aromatic heterocycles. The molecule has 0 unspecified atom stereocenters. The molecule has 1 aromatic rings. The van der Waals surface area contributed by atoms with Crippen molar-refractivity contribution in [2.45, 2.75) is 19.3 Å². The summed E-state index contributed by atoms with van der Waals surface area (Å²) >= 11 is 0. The molecule has 1 aromatic carbocycles. The molecule has 0 fully saturated rings. The lowest BCUT2D eigenvalue weighted by atomic mass is 10.1. The molecule has 1 heterocycles. The quantitative estimate of drug-likeness (QED) is 0.359. The minimum Gasteiger partial charge on any atom is -0.491 e.